The summed E-state index contributed by atoms with van der Waals surface area (Å²) in [6.45, 7) is 4.51. The molecular weight excluding hydrogens is 600 g/mol. The average Bonchev–Trinajstić information content (AvgIpc) is 3.55. The van der Waals surface area contributed by atoms with Gasteiger partial charge in [-0.15, -0.1) is 0 Å². The van der Waals surface area contributed by atoms with Crippen molar-refractivity contribution in [3.63, 3.8) is 0 Å². The number of likely N-dealkylation sites (tertiary alicyclic amines) is 1. The van der Waals surface area contributed by atoms with Crippen LogP contribution in [0.15, 0.2) is 60.7 Å². The Bertz CT molecular complexity index is 1320. The van der Waals surface area contributed by atoms with Crippen LogP contribution in [0.1, 0.15) is 63.5 Å². The van der Waals surface area contributed by atoms with Gasteiger partial charge >= 0.3 is 5.97 Å². The molecule has 2 aromatic rings. The number of aliphatic carboxylic acids is 1. The van der Waals surface area contributed by atoms with Crippen LogP contribution in [0, 0.1) is 5.92 Å². The molecule has 256 valence electrons. The highest BCUT2D eigenvalue weighted by molar-refractivity contribution is 5.95. The number of nitrogens with two attached hydrogens (primary N) is 2. The maximum Gasteiger partial charge on any atom is 0.326 e. The molecule has 1 heterocycles. The van der Waals surface area contributed by atoms with Gasteiger partial charge in [0.25, 0.3) is 0 Å². The van der Waals surface area contributed by atoms with Crippen LogP contribution in [-0.4, -0.2) is 82.9 Å². The first-order valence-electron chi connectivity index (χ1n) is 16.5. The zero-order valence-electron chi connectivity index (χ0n) is 27.4. The molecule has 1 fully saturated rings. The number of carboxylic acids is 1. The van der Waals surface area contributed by atoms with Crippen molar-refractivity contribution in [1.29, 1.82) is 0 Å². The van der Waals surface area contributed by atoms with E-state index < -0.39 is 59.8 Å². The molecule has 1 aliphatic heterocycles. The van der Waals surface area contributed by atoms with Gasteiger partial charge in [0, 0.05) is 13.0 Å². The standard InChI is InChI=1S/C35H50N6O6/c1-23(2)20-28(32(43)38-27(16-9-10-18-36)34(45)41-19-11-17-30(41)35(46)47)40-33(44)29(22-25-14-7-4-8-15-25)39-31(42)26(37)21-24-12-5-3-6-13-24/h3-8,12-15,23,26-30H,9-11,16-22,36-37H2,1-2H3,(H,38,43)(H,39,42)(H,40,44)(H,46,47)/t26-,27-,28-,29-,30+/m1/s1. The number of benzene rings is 2. The molecule has 1 aliphatic rings. The van der Waals surface area contributed by atoms with Gasteiger partial charge in [-0.3, -0.25) is 19.2 Å². The maximum atomic E-state index is 13.8. The van der Waals surface area contributed by atoms with E-state index in [2.05, 4.69) is 16.0 Å². The molecule has 12 heteroatoms. The van der Waals surface area contributed by atoms with Crippen LogP contribution in [0.5, 0.6) is 0 Å². The van der Waals surface area contributed by atoms with Gasteiger partial charge in [0.15, 0.2) is 0 Å². The highest BCUT2D eigenvalue weighted by Gasteiger charge is 2.38. The molecule has 0 unspecified atom stereocenters. The number of nitrogens with one attached hydrogen (secondary N) is 3. The van der Waals surface area contributed by atoms with Crippen LogP contribution in [0.25, 0.3) is 0 Å². The molecular formula is C35H50N6O6. The van der Waals surface area contributed by atoms with E-state index >= 15 is 0 Å². The number of hydrogen-bond acceptors (Lipinski definition) is 7. The second-order valence-corrected chi connectivity index (χ2v) is 12.6. The average molecular weight is 651 g/mol. The smallest absolute Gasteiger partial charge is 0.326 e. The molecule has 1 saturated heterocycles. The zero-order chi connectivity index (χ0) is 34.3. The van der Waals surface area contributed by atoms with Gasteiger partial charge in [-0.1, -0.05) is 74.5 Å². The van der Waals surface area contributed by atoms with Crippen molar-refractivity contribution in [3.8, 4) is 0 Å². The lowest BCUT2D eigenvalue weighted by Gasteiger charge is -2.30. The lowest BCUT2D eigenvalue weighted by atomic mass is 9.99. The van der Waals surface area contributed by atoms with E-state index in [9.17, 15) is 29.1 Å². The first kappa shape index (κ1) is 37.2. The van der Waals surface area contributed by atoms with Crippen molar-refractivity contribution in [1.82, 2.24) is 20.9 Å². The molecule has 3 rings (SSSR count). The monoisotopic (exact) mass is 650 g/mol. The molecule has 0 aromatic heterocycles. The minimum absolute atomic E-state index is 0.00567. The number of unbranched alkanes of at least 4 members (excludes halogenated alkanes) is 1. The summed E-state index contributed by atoms with van der Waals surface area (Å²) in [5, 5.41) is 18.1. The van der Waals surface area contributed by atoms with E-state index in [0.29, 0.717) is 38.8 Å². The quantitative estimate of drug-likeness (QED) is 0.131. The van der Waals surface area contributed by atoms with Gasteiger partial charge in [0.05, 0.1) is 6.04 Å². The van der Waals surface area contributed by atoms with Crippen LogP contribution in [0.3, 0.4) is 0 Å². The summed E-state index contributed by atoms with van der Waals surface area (Å²) >= 11 is 0. The summed E-state index contributed by atoms with van der Waals surface area (Å²) in [6.07, 6.45) is 3.07. The van der Waals surface area contributed by atoms with Crippen LogP contribution >= 0.6 is 0 Å². The van der Waals surface area contributed by atoms with E-state index in [1.54, 1.807) is 0 Å². The molecule has 0 saturated carbocycles. The fourth-order valence-electron chi connectivity index (χ4n) is 5.78. The van der Waals surface area contributed by atoms with E-state index in [4.69, 9.17) is 11.5 Å². The Kier molecular flexibility index (Phi) is 14.8. The van der Waals surface area contributed by atoms with Gasteiger partial charge in [0.2, 0.25) is 23.6 Å². The Morgan fingerprint density at radius 2 is 1.36 bits per heavy atom. The Morgan fingerprint density at radius 1 is 0.809 bits per heavy atom. The summed E-state index contributed by atoms with van der Waals surface area (Å²) in [5.41, 5.74) is 13.6. The van der Waals surface area contributed by atoms with E-state index in [1.807, 2.05) is 74.5 Å². The van der Waals surface area contributed by atoms with Crippen LogP contribution in [0.2, 0.25) is 0 Å². The zero-order valence-corrected chi connectivity index (χ0v) is 27.4. The van der Waals surface area contributed by atoms with Crippen molar-refractivity contribution in [2.24, 2.45) is 17.4 Å². The molecule has 0 radical (unpaired) electrons. The van der Waals surface area contributed by atoms with Gasteiger partial charge in [-0.05, 0) is 68.5 Å². The molecule has 4 amide bonds. The number of carboxylic acid groups (broad SMARTS) is 1. The number of rotatable bonds is 18. The molecule has 5 atom stereocenters. The summed E-state index contributed by atoms with van der Waals surface area (Å²) in [7, 11) is 0. The Labute approximate surface area is 277 Å². The SMILES string of the molecule is CC(C)C[C@@H](NC(=O)[C@@H](Cc1ccccc1)NC(=O)[C@H](N)Cc1ccccc1)C(=O)N[C@H](CCCCN)C(=O)N1CCC[C@H]1C(=O)O. The third-order valence-electron chi connectivity index (χ3n) is 8.27. The highest BCUT2D eigenvalue weighted by Crippen LogP contribution is 2.20. The first-order chi connectivity index (χ1) is 22.5. The lowest BCUT2D eigenvalue weighted by Crippen LogP contribution is -2.59. The van der Waals surface area contributed by atoms with Gasteiger partial charge in [0.1, 0.15) is 24.2 Å². The van der Waals surface area contributed by atoms with Gasteiger partial charge in [-0.25, -0.2) is 4.79 Å². The number of nitrogens with zero attached hydrogens (tertiary/aromatic N) is 1. The number of amides is 4. The van der Waals surface area contributed by atoms with Crippen molar-refractivity contribution in [2.75, 3.05) is 13.1 Å². The molecule has 47 heavy (non-hydrogen) atoms. The van der Waals surface area contributed by atoms with Crippen molar-refractivity contribution >= 4 is 29.6 Å². The first-order valence-corrected chi connectivity index (χ1v) is 16.5. The highest BCUT2D eigenvalue weighted by atomic mass is 16.4. The number of carbonyl (C=O) groups excluding carboxylic acids is 4. The molecule has 0 bridgehead atoms. The van der Waals surface area contributed by atoms with E-state index in [0.717, 1.165) is 11.1 Å². The van der Waals surface area contributed by atoms with Crippen molar-refractivity contribution < 1.29 is 29.1 Å². The van der Waals surface area contributed by atoms with Gasteiger partial charge in [-0.2, -0.15) is 0 Å². The molecule has 2 aromatic carbocycles. The van der Waals surface area contributed by atoms with Crippen LogP contribution < -0.4 is 27.4 Å². The minimum atomic E-state index is -1.08. The van der Waals surface area contributed by atoms with Crippen LogP contribution in [-0.2, 0) is 36.8 Å². The number of hydrogen-bond donors (Lipinski definition) is 6. The molecule has 0 aliphatic carbocycles. The minimum Gasteiger partial charge on any atom is -0.480 e. The molecule has 0 spiro atoms. The second-order valence-electron chi connectivity index (χ2n) is 12.6. The van der Waals surface area contributed by atoms with Gasteiger partial charge < -0.3 is 37.4 Å². The van der Waals surface area contributed by atoms with E-state index in [-0.39, 0.29) is 31.6 Å². The van der Waals surface area contributed by atoms with Crippen molar-refractivity contribution in [3.05, 3.63) is 71.8 Å². The maximum absolute atomic E-state index is 13.8. The Balaban J connectivity index is 1.79. The fraction of sp³-hybridized carbons (Fsp3) is 0.514. The Hall–Kier alpha value is -4.29. The summed E-state index contributed by atoms with van der Waals surface area (Å²) in [5.74, 6) is -3.17. The molecule has 12 nitrogen and oxygen atoms in total. The van der Waals surface area contributed by atoms with Crippen molar-refractivity contribution in [2.45, 2.75) is 95.4 Å². The van der Waals surface area contributed by atoms with Crippen LogP contribution in [0.4, 0.5) is 0 Å². The summed E-state index contributed by atoms with van der Waals surface area (Å²) in [4.78, 5) is 67.5. The van der Waals surface area contributed by atoms with E-state index in [1.165, 1.54) is 4.90 Å². The lowest BCUT2D eigenvalue weighted by molar-refractivity contribution is -0.149. The second kappa shape index (κ2) is 18.8. The Morgan fingerprint density at radius 3 is 1.94 bits per heavy atom. The summed E-state index contributed by atoms with van der Waals surface area (Å²) in [6, 6.07) is 13.7. The fourth-order valence-corrected chi connectivity index (χ4v) is 5.78. The topological polar surface area (TPSA) is 197 Å². The molecule has 8 N–H and O–H groups in total. The predicted octanol–water partition coefficient (Wildman–Crippen LogP) is 1.50. The largest absolute Gasteiger partial charge is 0.480 e. The third kappa shape index (κ3) is 11.8. The normalized spacial score (nSPS) is 17.0. The summed E-state index contributed by atoms with van der Waals surface area (Å²) < 4.78 is 0. The third-order valence-corrected chi connectivity index (χ3v) is 8.27. The predicted molar refractivity (Wildman–Crippen MR) is 179 cm³/mol. The number of carbonyl (C=O) groups is 5.